The fraction of sp³-hybridized carbons (Fsp3) is 0.708. The molecule has 3 aliphatic rings. The van der Waals surface area contributed by atoms with Crippen molar-refractivity contribution >= 4 is 5.78 Å². The molecule has 3 fully saturated rings. The van der Waals surface area contributed by atoms with Crippen LogP contribution in [0.3, 0.4) is 0 Å². The smallest absolute Gasteiger partial charge is 0.159 e. The van der Waals surface area contributed by atoms with E-state index in [1.54, 1.807) is 6.92 Å². The van der Waals surface area contributed by atoms with Crippen molar-refractivity contribution in [2.75, 3.05) is 78.5 Å². The summed E-state index contributed by atoms with van der Waals surface area (Å²) >= 11 is 0. The number of nitrogens with one attached hydrogen (secondary N) is 7. The van der Waals surface area contributed by atoms with E-state index >= 15 is 0 Å². The van der Waals surface area contributed by atoms with Crippen LogP contribution in [0.2, 0.25) is 0 Å². The molecule has 3 heterocycles. The van der Waals surface area contributed by atoms with Crippen LogP contribution in [0.4, 0.5) is 0 Å². The van der Waals surface area contributed by atoms with E-state index in [0.717, 1.165) is 90.6 Å². The number of benzene rings is 1. The number of ketones is 1. The van der Waals surface area contributed by atoms with Crippen LogP contribution in [0.5, 0.6) is 0 Å². The number of carbonyl (C=O) groups is 1. The molecule has 0 saturated carbocycles. The lowest BCUT2D eigenvalue weighted by molar-refractivity contribution is 0.101. The molecule has 2 bridgehead atoms. The summed E-state index contributed by atoms with van der Waals surface area (Å²) in [6.07, 6.45) is 0. The van der Waals surface area contributed by atoms with E-state index in [1.165, 1.54) is 5.56 Å². The number of rotatable bonds is 4. The van der Waals surface area contributed by atoms with Crippen molar-refractivity contribution < 1.29 is 4.79 Å². The maximum Gasteiger partial charge on any atom is 0.159 e. The SMILES string of the molecule is CC(=O)c1ccc(CNC23CNCCNCC(CNCCNC2)[C@@H](N)CNCCNC3)cc1. The lowest BCUT2D eigenvalue weighted by Gasteiger charge is -2.36. The highest BCUT2D eigenvalue weighted by atomic mass is 16.1. The van der Waals surface area contributed by atoms with Crippen LogP contribution in [0.25, 0.3) is 0 Å². The summed E-state index contributed by atoms with van der Waals surface area (Å²) in [7, 11) is 0. The summed E-state index contributed by atoms with van der Waals surface area (Å²) < 4.78 is 0. The highest BCUT2D eigenvalue weighted by Crippen LogP contribution is 2.09. The molecular weight excluding hydrogens is 416 g/mol. The van der Waals surface area contributed by atoms with Crippen LogP contribution in [0.1, 0.15) is 22.8 Å². The summed E-state index contributed by atoms with van der Waals surface area (Å²) in [5, 5.41) is 25.5. The Morgan fingerprint density at radius 3 is 1.85 bits per heavy atom. The number of carbonyl (C=O) groups excluding carboxylic acids is 1. The number of Topliss-reactive ketones (excluding diaryl/α,β-unsaturated/α-hetero) is 1. The van der Waals surface area contributed by atoms with Gasteiger partial charge in [0.2, 0.25) is 0 Å². The lowest BCUT2D eigenvalue weighted by Crippen LogP contribution is -2.64. The highest BCUT2D eigenvalue weighted by Gasteiger charge is 2.29. The van der Waals surface area contributed by atoms with Crippen LogP contribution in [0, 0.1) is 5.92 Å². The predicted octanol–water partition coefficient (Wildman–Crippen LogP) is -1.77. The van der Waals surface area contributed by atoms with Crippen LogP contribution in [-0.4, -0.2) is 95.9 Å². The summed E-state index contributed by atoms with van der Waals surface area (Å²) in [5.74, 6) is 0.496. The normalized spacial score (nSPS) is 29.0. The molecule has 1 aromatic carbocycles. The molecule has 0 unspecified atom stereocenters. The van der Waals surface area contributed by atoms with Crippen LogP contribution >= 0.6 is 0 Å². The lowest BCUT2D eigenvalue weighted by atomic mass is 9.97. The van der Waals surface area contributed by atoms with E-state index in [1.807, 2.05) is 24.3 Å². The van der Waals surface area contributed by atoms with Crippen LogP contribution in [-0.2, 0) is 6.54 Å². The summed E-state index contributed by atoms with van der Waals surface area (Å²) in [4.78, 5) is 11.6. The Kier molecular flexibility index (Phi) is 11.2. The zero-order valence-electron chi connectivity index (χ0n) is 20.1. The van der Waals surface area contributed by atoms with Gasteiger partial charge in [0.15, 0.2) is 5.78 Å². The van der Waals surface area contributed by atoms with Crippen molar-refractivity contribution in [3.8, 4) is 0 Å². The van der Waals surface area contributed by atoms with Gasteiger partial charge in [-0.1, -0.05) is 24.3 Å². The number of hydrogen-bond donors (Lipinski definition) is 8. The minimum absolute atomic E-state index is 0.0988. The second-order valence-corrected chi connectivity index (χ2v) is 9.45. The molecule has 1 atom stereocenters. The number of nitrogens with two attached hydrogens (primary N) is 1. The standard InChI is InChI=1S/C24H44N8O/c1-19(33)21-4-2-20(3-5-21)12-32-24-16-29-9-6-26-13-22(14-27-7-10-30-17-24)23(25)15-28-8-11-31-18-24/h2-5,22-23,26-32H,6-18,25H2,1H3/t22?,23-,24?/m0/s1. The largest absolute Gasteiger partial charge is 0.326 e. The van der Waals surface area contributed by atoms with Gasteiger partial charge in [-0.05, 0) is 12.5 Å². The van der Waals surface area contributed by atoms with Crippen molar-refractivity contribution in [2.24, 2.45) is 11.7 Å². The Labute approximate surface area is 198 Å². The highest BCUT2D eigenvalue weighted by molar-refractivity contribution is 5.93. The molecule has 0 spiro atoms. The summed E-state index contributed by atoms with van der Waals surface area (Å²) in [6, 6.07) is 8.04. The summed E-state index contributed by atoms with van der Waals surface area (Å²) in [6.45, 7) is 13.0. The Morgan fingerprint density at radius 1 is 0.848 bits per heavy atom. The van der Waals surface area contributed by atoms with Crippen molar-refractivity contribution in [3.05, 3.63) is 35.4 Å². The second-order valence-electron chi connectivity index (χ2n) is 9.45. The van der Waals surface area contributed by atoms with Gasteiger partial charge in [0.1, 0.15) is 0 Å². The number of fused-ring (bicyclic) bond motifs is 16. The van der Waals surface area contributed by atoms with E-state index in [2.05, 4.69) is 37.2 Å². The third-order valence-corrected chi connectivity index (χ3v) is 6.65. The Hall–Kier alpha value is -1.43. The minimum atomic E-state index is -0.150. The van der Waals surface area contributed by atoms with Gasteiger partial charge in [0, 0.05) is 103 Å². The van der Waals surface area contributed by atoms with E-state index in [4.69, 9.17) is 5.73 Å². The van der Waals surface area contributed by atoms with E-state index < -0.39 is 0 Å². The molecule has 1 aromatic rings. The van der Waals surface area contributed by atoms with Gasteiger partial charge < -0.3 is 43.0 Å². The average Bonchev–Trinajstić information content (AvgIpc) is 2.83. The van der Waals surface area contributed by atoms with Gasteiger partial charge in [0.25, 0.3) is 0 Å². The fourth-order valence-electron chi connectivity index (χ4n) is 4.42. The third-order valence-electron chi connectivity index (χ3n) is 6.65. The van der Waals surface area contributed by atoms with Crippen LogP contribution < -0.4 is 43.0 Å². The molecule has 9 nitrogen and oxygen atoms in total. The van der Waals surface area contributed by atoms with Gasteiger partial charge in [-0.2, -0.15) is 0 Å². The predicted molar refractivity (Wildman–Crippen MR) is 135 cm³/mol. The third kappa shape index (κ3) is 9.03. The van der Waals surface area contributed by atoms with Crippen LogP contribution in [0.15, 0.2) is 24.3 Å². The molecule has 186 valence electrons. The monoisotopic (exact) mass is 460 g/mol. The average molecular weight is 461 g/mol. The maximum atomic E-state index is 11.6. The first-order valence-electron chi connectivity index (χ1n) is 12.4. The first-order valence-corrected chi connectivity index (χ1v) is 12.4. The molecule has 0 radical (unpaired) electrons. The van der Waals surface area contributed by atoms with Gasteiger partial charge in [-0.3, -0.25) is 4.79 Å². The number of hydrogen-bond acceptors (Lipinski definition) is 9. The first-order chi connectivity index (χ1) is 16.1. The summed E-state index contributed by atoms with van der Waals surface area (Å²) in [5.41, 5.74) is 8.28. The van der Waals surface area contributed by atoms with Crippen molar-refractivity contribution in [2.45, 2.75) is 25.0 Å². The molecule has 9 N–H and O–H groups in total. The van der Waals surface area contributed by atoms with Crippen molar-refractivity contribution in [3.63, 3.8) is 0 Å². The Bertz CT molecular complexity index is 682. The fourth-order valence-corrected chi connectivity index (χ4v) is 4.42. The van der Waals surface area contributed by atoms with E-state index in [9.17, 15) is 4.79 Å². The Morgan fingerprint density at radius 2 is 1.33 bits per heavy atom. The first kappa shape index (κ1) is 26.2. The second kappa shape index (κ2) is 14.1. The molecule has 0 amide bonds. The zero-order chi connectivity index (χ0) is 23.4. The van der Waals surface area contributed by atoms with E-state index in [-0.39, 0.29) is 17.4 Å². The molecule has 9 heteroatoms. The molecule has 33 heavy (non-hydrogen) atoms. The molecule has 3 aliphatic heterocycles. The van der Waals surface area contributed by atoms with Crippen molar-refractivity contribution in [1.29, 1.82) is 0 Å². The molecule has 4 rings (SSSR count). The molecular formula is C24H44N8O. The van der Waals surface area contributed by atoms with Gasteiger partial charge in [-0.15, -0.1) is 0 Å². The molecule has 3 saturated heterocycles. The Balaban J connectivity index is 1.70. The zero-order valence-corrected chi connectivity index (χ0v) is 20.1. The maximum absolute atomic E-state index is 11.6. The quantitative estimate of drug-likeness (QED) is 0.246. The van der Waals surface area contributed by atoms with Gasteiger partial charge in [0.05, 0.1) is 5.54 Å². The topological polar surface area (TPSA) is 127 Å². The van der Waals surface area contributed by atoms with E-state index in [0.29, 0.717) is 5.92 Å². The van der Waals surface area contributed by atoms with Crippen molar-refractivity contribution in [1.82, 2.24) is 37.2 Å². The van der Waals surface area contributed by atoms with Gasteiger partial charge in [-0.25, -0.2) is 0 Å². The molecule has 0 aliphatic carbocycles. The minimum Gasteiger partial charge on any atom is -0.326 e. The molecule has 0 aromatic heterocycles. The van der Waals surface area contributed by atoms with Gasteiger partial charge >= 0.3 is 0 Å².